The van der Waals surface area contributed by atoms with Crippen LogP contribution in [-0.2, 0) is 28.6 Å². The standard InChI is InChI=1S/C48H84O6/c1-4-7-10-13-16-19-20-21-22-23-24-25-26-27-28-30-32-35-38-41-47(50)53-44-45(43-52-46(49)40-37-34-31-18-15-12-9-6-3)54-48(51)42-39-36-33-29-17-14-11-8-5-2/h7,10,16,19,21-22,24-25,45H,4-6,8-9,11-15,17-18,20,23,26-44H2,1-3H3/b10-7-,19-16-,22-21-,25-24-. The second kappa shape index (κ2) is 43.1. The van der Waals surface area contributed by atoms with Gasteiger partial charge in [-0.1, -0.05) is 191 Å². The summed E-state index contributed by atoms with van der Waals surface area (Å²) < 4.78 is 16.6. The molecule has 6 nitrogen and oxygen atoms in total. The number of carbonyl (C=O) groups excluding carboxylic acids is 3. The average Bonchev–Trinajstić information content (AvgIpc) is 3.17. The molecule has 0 aromatic rings. The van der Waals surface area contributed by atoms with Crippen LogP contribution in [0.1, 0.15) is 220 Å². The second-order valence-electron chi connectivity index (χ2n) is 14.9. The maximum Gasteiger partial charge on any atom is 0.306 e. The predicted molar refractivity (Wildman–Crippen MR) is 229 cm³/mol. The maximum atomic E-state index is 12.6. The fourth-order valence-electron chi connectivity index (χ4n) is 6.20. The lowest BCUT2D eigenvalue weighted by atomic mass is 10.1. The van der Waals surface area contributed by atoms with Crippen molar-refractivity contribution in [2.75, 3.05) is 13.2 Å². The van der Waals surface area contributed by atoms with E-state index in [2.05, 4.69) is 69.4 Å². The molecule has 0 aromatic heterocycles. The Balaban J connectivity index is 4.27. The van der Waals surface area contributed by atoms with Crippen LogP contribution in [0.25, 0.3) is 0 Å². The van der Waals surface area contributed by atoms with E-state index in [0.717, 1.165) is 89.9 Å². The number of carbonyl (C=O) groups is 3. The molecule has 54 heavy (non-hydrogen) atoms. The Morgan fingerprint density at radius 1 is 0.389 bits per heavy atom. The first kappa shape index (κ1) is 51.4. The summed E-state index contributed by atoms with van der Waals surface area (Å²) in [7, 11) is 0. The molecule has 6 heteroatoms. The quantitative estimate of drug-likeness (QED) is 0.0268. The van der Waals surface area contributed by atoms with Crippen molar-refractivity contribution in [2.24, 2.45) is 0 Å². The van der Waals surface area contributed by atoms with E-state index in [-0.39, 0.29) is 31.1 Å². The molecule has 0 aliphatic carbocycles. The van der Waals surface area contributed by atoms with E-state index in [1.807, 2.05) is 0 Å². The fourth-order valence-corrected chi connectivity index (χ4v) is 6.20. The normalized spacial score (nSPS) is 12.4. The summed E-state index contributed by atoms with van der Waals surface area (Å²) in [5, 5.41) is 0. The van der Waals surface area contributed by atoms with Crippen molar-refractivity contribution in [3.8, 4) is 0 Å². The molecule has 0 bridgehead atoms. The van der Waals surface area contributed by atoms with Crippen molar-refractivity contribution in [1.82, 2.24) is 0 Å². The average molecular weight is 757 g/mol. The van der Waals surface area contributed by atoms with Gasteiger partial charge in [0, 0.05) is 19.3 Å². The molecular formula is C48H84O6. The van der Waals surface area contributed by atoms with Crippen molar-refractivity contribution in [3.63, 3.8) is 0 Å². The van der Waals surface area contributed by atoms with Gasteiger partial charge in [0.1, 0.15) is 13.2 Å². The zero-order valence-electron chi connectivity index (χ0n) is 35.5. The van der Waals surface area contributed by atoms with Gasteiger partial charge in [0.2, 0.25) is 0 Å². The number of rotatable bonds is 40. The predicted octanol–water partition coefficient (Wildman–Crippen LogP) is 14.4. The van der Waals surface area contributed by atoms with E-state index in [1.54, 1.807) is 0 Å². The van der Waals surface area contributed by atoms with Crippen LogP contribution in [-0.4, -0.2) is 37.2 Å². The Morgan fingerprint density at radius 3 is 1.13 bits per heavy atom. The molecule has 0 saturated carbocycles. The largest absolute Gasteiger partial charge is 0.462 e. The summed E-state index contributed by atoms with van der Waals surface area (Å²) in [6, 6.07) is 0. The van der Waals surface area contributed by atoms with E-state index in [9.17, 15) is 14.4 Å². The Bertz CT molecular complexity index is 964. The third kappa shape index (κ3) is 40.6. The van der Waals surface area contributed by atoms with Crippen LogP contribution in [0.15, 0.2) is 48.6 Å². The molecule has 1 atom stereocenters. The highest BCUT2D eigenvalue weighted by Gasteiger charge is 2.19. The zero-order valence-corrected chi connectivity index (χ0v) is 35.5. The Hall–Kier alpha value is -2.63. The number of ether oxygens (including phenoxy) is 3. The van der Waals surface area contributed by atoms with E-state index in [4.69, 9.17) is 14.2 Å². The first-order valence-corrected chi connectivity index (χ1v) is 22.6. The highest BCUT2D eigenvalue weighted by atomic mass is 16.6. The number of hydrogen-bond acceptors (Lipinski definition) is 6. The van der Waals surface area contributed by atoms with Gasteiger partial charge in [-0.2, -0.15) is 0 Å². The Labute approximate surface area is 333 Å². The molecule has 0 saturated heterocycles. The first-order valence-electron chi connectivity index (χ1n) is 22.6. The van der Waals surface area contributed by atoms with E-state index in [0.29, 0.717) is 19.3 Å². The van der Waals surface area contributed by atoms with Crippen LogP contribution in [0.4, 0.5) is 0 Å². The van der Waals surface area contributed by atoms with Gasteiger partial charge < -0.3 is 14.2 Å². The molecule has 0 heterocycles. The minimum absolute atomic E-state index is 0.0758. The smallest absolute Gasteiger partial charge is 0.306 e. The van der Waals surface area contributed by atoms with Crippen LogP contribution >= 0.6 is 0 Å². The lowest BCUT2D eigenvalue weighted by Crippen LogP contribution is -2.30. The summed E-state index contributed by atoms with van der Waals surface area (Å²) in [6.45, 7) is 6.45. The lowest BCUT2D eigenvalue weighted by molar-refractivity contribution is -0.167. The lowest BCUT2D eigenvalue weighted by Gasteiger charge is -2.18. The molecule has 0 spiro atoms. The molecule has 0 fully saturated rings. The minimum atomic E-state index is -0.771. The van der Waals surface area contributed by atoms with Gasteiger partial charge in [-0.3, -0.25) is 14.4 Å². The highest BCUT2D eigenvalue weighted by Crippen LogP contribution is 2.14. The van der Waals surface area contributed by atoms with E-state index < -0.39 is 6.10 Å². The van der Waals surface area contributed by atoms with Gasteiger partial charge in [-0.05, 0) is 57.8 Å². The summed E-state index contributed by atoms with van der Waals surface area (Å²) in [5.41, 5.74) is 0. The van der Waals surface area contributed by atoms with Crippen molar-refractivity contribution in [3.05, 3.63) is 48.6 Å². The molecule has 0 amide bonds. The molecule has 0 aliphatic heterocycles. The summed E-state index contributed by atoms with van der Waals surface area (Å²) >= 11 is 0. The number of allylic oxidation sites excluding steroid dienone is 8. The zero-order chi connectivity index (χ0) is 39.4. The number of hydrogen-bond donors (Lipinski definition) is 0. The molecule has 0 N–H and O–H groups in total. The topological polar surface area (TPSA) is 78.9 Å². The van der Waals surface area contributed by atoms with Crippen LogP contribution in [0.5, 0.6) is 0 Å². The summed E-state index contributed by atoms with van der Waals surface area (Å²) in [6.07, 6.45) is 49.6. The van der Waals surface area contributed by atoms with E-state index >= 15 is 0 Å². The first-order chi connectivity index (χ1) is 26.5. The van der Waals surface area contributed by atoms with Crippen LogP contribution < -0.4 is 0 Å². The van der Waals surface area contributed by atoms with Crippen molar-refractivity contribution in [1.29, 1.82) is 0 Å². The Kier molecular flexibility index (Phi) is 41.0. The molecular weight excluding hydrogens is 673 g/mol. The highest BCUT2D eigenvalue weighted by molar-refractivity contribution is 5.71. The van der Waals surface area contributed by atoms with Gasteiger partial charge in [-0.25, -0.2) is 0 Å². The summed E-state index contributed by atoms with van der Waals surface area (Å²) in [5.74, 6) is -0.898. The van der Waals surface area contributed by atoms with Crippen molar-refractivity contribution >= 4 is 17.9 Å². The van der Waals surface area contributed by atoms with Crippen LogP contribution in [0, 0.1) is 0 Å². The SMILES string of the molecule is CC/C=C\C/C=C\C/C=C\C/C=C\CCCCCCCCC(=O)OCC(COC(=O)CCCCCCCCCC)OC(=O)CCCCCCCCCCC. The minimum Gasteiger partial charge on any atom is -0.462 e. The van der Waals surface area contributed by atoms with Gasteiger partial charge in [0.25, 0.3) is 0 Å². The van der Waals surface area contributed by atoms with Crippen LogP contribution in [0.3, 0.4) is 0 Å². The molecule has 312 valence electrons. The third-order valence-electron chi connectivity index (χ3n) is 9.60. The van der Waals surface area contributed by atoms with Crippen molar-refractivity contribution in [2.45, 2.75) is 226 Å². The van der Waals surface area contributed by atoms with Gasteiger partial charge in [0.05, 0.1) is 0 Å². The molecule has 0 aliphatic rings. The van der Waals surface area contributed by atoms with Gasteiger partial charge in [0.15, 0.2) is 6.10 Å². The second-order valence-corrected chi connectivity index (χ2v) is 14.9. The number of esters is 3. The molecule has 1 unspecified atom stereocenters. The third-order valence-corrected chi connectivity index (χ3v) is 9.60. The number of unbranched alkanes of at least 4 members (excludes halogenated alkanes) is 21. The van der Waals surface area contributed by atoms with E-state index in [1.165, 1.54) is 89.9 Å². The Morgan fingerprint density at radius 2 is 0.722 bits per heavy atom. The molecule has 0 radical (unpaired) electrons. The van der Waals surface area contributed by atoms with Gasteiger partial charge >= 0.3 is 17.9 Å². The maximum absolute atomic E-state index is 12.6. The summed E-state index contributed by atoms with van der Waals surface area (Å²) in [4.78, 5) is 37.6. The van der Waals surface area contributed by atoms with Crippen LogP contribution in [0.2, 0.25) is 0 Å². The van der Waals surface area contributed by atoms with Gasteiger partial charge in [-0.15, -0.1) is 0 Å². The fraction of sp³-hybridized carbons (Fsp3) is 0.771. The molecule has 0 rings (SSSR count). The monoisotopic (exact) mass is 757 g/mol. The van der Waals surface area contributed by atoms with Crippen molar-refractivity contribution < 1.29 is 28.6 Å². The molecule has 0 aromatic carbocycles.